The molecule has 0 unspecified atom stereocenters. The van der Waals surface area contributed by atoms with Crippen LogP contribution in [0.1, 0.15) is 40.8 Å². The fraction of sp³-hybridized carbons (Fsp3) is 0.259. The van der Waals surface area contributed by atoms with E-state index in [1.54, 1.807) is 12.1 Å². The van der Waals surface area contributed by atoms with Crippen molar-refractivity contribution in [3.05, 3.63) is 100 Å². The highest BCUT2D eigenvalue weighted by Crippen LogP contribution is 2.39. The van der Waals surface area contributed by atoms with Gasteiger partial charge in [0.05, 0.1) is 12.8 Å². The van der Waals surface area contributed by atoms with Crippen LogP contribution in [-0.2, 0) is 27.4 Å². The Balaban J connectivity index is 1.50. The lowest BCUT2D eigenvalue weighted by Gasteiger charge is -2.32. The van der Waals surface area contributed by atoms with Crippen molar-refractivity contribution in [2.45, 2.75) is 25.7 Å². The van der Waals surface area contributed by atoms with Gasteiger partial charge in [-0.05, 0) is 60.6 Å². The van der Waals surface area contributed by atoms with Gasteiger partial charge in [-0.15, -0.1) is 0 Å². The number of rotatable bonds is 4. The predicted molar refractivity (Wildman–Crippen MR) is 140 cm³/mol. The van der Waals surface area contributed by atoms with Crippen molar-refractivity contribution >= 4 is 33.2 Å². The first kappa shape index (κ1) is 23.7. The second-order valence-electron chi connectivity index (χ2n) is 8.63. The maximum absolute atomic E-state index is 11.8. The smallest absolute Gasteiger partial charge is 0.362 e. The topological polar surface area (TPSA) is 68.7 Å². The number of aryl methyl sites for hydroxylation is 2. The number of fused-ring (bicyclic) bond motifs is 2. The number of thiocarbonyl (C=S) groups is 1. The van der Waals surface area contributed by atoms with E-state index in [9.17, 15) is 8.42 Å². The maximum Gasteiger partial charge on any atom is 0.448 e. The highest BCUT2D eigenvalue weighted by molar-refractivity contribution is 7.82. The Labute approximate surface area is 211 Å². The van der Waals surface area contributed by atoms with Gasteiger partial charge in [0.2, 0.25) is 0 Å². The molecule has 0 bridgehead atoms. The van der Waals surface area contributed by atoms with E-state index < -0.39 is 10.4 Å². The van der Waals surface area contributed by atoms with Crippen LogP contribution in [0.3, 0.4) is 0 Å². The zero-order chi connectivity index (χ0) is 24.4. The van der Waals surface area contributed by atoms with Crippen molar-refractivity contribution in [1.82, 2.24) is 9.88 Å². The van der Waals surface area contributed by atoms with E-state index in [4.69, 9.17) is 21.4 Å². The van der Waals surface area contributed by atoms with Crippen molar-refractivity contribution in [1.29, 1.82) is 0 Å². The second kappa shape index (κ2) is 9.89. The molecule has 1 saturated heterocycles. The molecule has 0 saturated carbocycles. The minimum absolute atomic E-state index is 0.247. The molecule has 0 radical (unpaired) electrons. The summed E-state index contributed by atoms with van der Waals surface area (Å²) in [5.41, 5.74) is 7.90. The lowest BCUT2D eigenvalue weighted by atomic mass is 9.88. The highest BCUT2D eigenvalue weighted by atomic mass is 32.3. The minimum atomic E-state index is -4.08. The molecule has 0 spiro atoms. The van der Waals surface area contributed by atoms with E-state index >= 15 is 0 Å². The largest absolute Gasteiger partial charge is 0.448 e. The Morgan fingerprint density at radius 2 is 1.69 bits per heavy atom. The fourth-order valence-electron chi connectivity index (χ4n) is 4.84. The molecule has 2 heterocycles. The molecule has 2 aliphatic rings. The van der Waals surface area contributed by atoms with Crippen LogP contribution >= 0.6 is 12.2 Å². The second-order valence-corrected chi connectivity index (χ2v) is 10.3. The zero-order valence-electron chi connectivity index (χ0n) is 19.4. The van der Waals surface area contributed by atoms with E-state index in [0.29, 0.717) is 0 Å². The number of nitrogens with zero attached hydrogens (tertiary/aromatic N) is 2. The molecule has 1 aromatic heterocycles. The van der Waals surface area contributed by atoms with Crippen LogP contribution in [0.15, 0.2) is 72.4 Å². The molecule has 0 N–H and O–H groups in total. The molecule has 180 valence electrons. The van der Waals surface area contributed by atoms with Gasteiger partial charge in [0.1, 0.15) is 10.7 Å². The van der Waals surface area contributed by atoms with Crippen LogP contribution in [0, 0.1) is 0 Å². The molecule has 0 amide bonds. The van der Waals surface area contributed by atoms with Gasteiger partial charge in [-0.25, -0.2) is 4.18 Å². The van der Waals surface area contributed by atoms with Crippen LogP contribution in [0.4, 0.5) is 0 Å². The molecular formula is C27H26N2O4S2. The summed E-state index contributed by atoms with van der Waals surface area (Å²) in [6.45, 7) is 1.69. The van der Waals surface area contributed by atoms with E-state index in [0.717, 1.165) is 78.8 Å². The lowest BCUT2D eigenvalue weighted by Crippen LogP contribution is -2.36. The first-order valence-corrected chi connectivity index (χ1v) is 13.3. The standard InChI is InChI=1S/C27H26N2O4S2/c1-32-35(30,31)33-23-11-12-24-22(18-23)10-9-20-8-5-15-28-26(20)25(24)19-13-16-29(17-14-19)27(34)21-6-3-2-4-7-21/h2-8,11-12,15,18H,9-10,13-14,16-17H2,1H3. The minimum Gasteiger partial charge on any atom is -0.362 e. The third kappa shape index (κ3) is 5.00. The summed E-state index contributed by atoms with van der Waals surface area (Å²) < 4.78 is 33.2. The molecule has 8 heteroatoms. The Morgan fingerprint density at radius 3 is 2.43 bits per heavy atom. The lowest BCUT2D eigenvalue weighted by molar-refractivity contribution is 0.330. The van der Waals surface area contributed by atoms with Gasteiger partial charge in [0.25, 0.3) is 0 Å². The van der Waals surface area contributed by atoms with E-state index in [2.05, 4.69) is 27.3 Å². The van der Waals surface area contributed by atoms with Gasteiger partial charge in [0, 0.05) is 30.4 Å². The summed E-state index contributed by atoms with van der Waals surface area (Å²) in [4.78, 5) is 7.95. The van der Waals surface area contributed by atoms with Gasteiger partial charge >= 0.3 is 10.4 Å². The van der Waals surface area contributed by atoms with Crippen molar-refractivity contribution in [2.24, 2.45) is 0 Å². The monoisotopic (exact) mass is 506 g/mol. The molecule has 0 atom stereocenters. The van der Waals surface area contributed by atoms with Crippen LogP contribution in [-0.4, -0.2) is 43.5 Å². The number of hydrogen-bond acceptors (Lipinski definition) is 6. The third-order valence-corrected chi connectivity index (χ3v) is 7.87. The zero-order valence-corrected chi connectivity index (χ0v) is 21.1. The SMILES string of the molecule is COS(=O)(=O)Oc1ccc2c(c1)CCc1cccnc1C2=C1CCN(C(=S)c2ccccc2)CC1. The van der Waals surface area contributed by atoms with Gasteiger partial charge < -0.3 is 9.08 Å². The molecule has 1 aliphatic heterocycles. The van der Waals surface area contributed by atoms with Gasteiger partial charge in [-0.1, -0.05) is 60.3 Å². The first-order valence-electron chi connectivity index (χ1n) is 11.6. The van der Waals surface area contributed by atoms with Crippen LogP contribution in [0.25, 0.3) is 5.57 Å². The summed E-state index contributed by atoms with van der Waals surface area (Å²) >= 11 is 5.78. The molecule has 5 rings (SSSR count). The number of aromatic nitrogens is 1. The molecule has 2 aromatic carbocycles. The van der Waals surface area contributed by atoms with E-state index in [-0.39, 0.29) is 5.75 Å². The summed E-state index contributed by atoms with van der Waals surface area (Å²) in [5.74, 6) is 0.247. The molecule has 3 aromatic rings. The number of likely N-dealkylation sites (tertiary alicyclic amines) is 1. The van der Waals surface area contributed by atoms with Crippen molar-refractivity contribution < 1.29 is 16.8 Å². The van der Waals surface area contributed by atoms with Crippen molar-refractivity contribution in [3.63, 3.8) is 0 Å². The summed E-state index contributed by atoms with van der Waals surface area (Å²) in [6, 6.07) is 19.7. The Hall–Kier alpha value is -3.07. The van der Waals surface area contributed by atoms with Crippen molar-refractivity contribution in [3.8, 4) is 5.75 Å². The number of hydrogen-bond donors (Lipinski definition) is 0. The van der Waals surface area contributed by atoms with E-state index in [1.165, 1.54) is 11.1 Å². The van der Waals surface area contributed by atoms with Crippen LogP contribution < -0.4 is 4.18 Å². The van der Waals surface area contributed by atoms with Crippen molar-refractivity contribution in [2.75, 3.05) is 20.2 Å². The van der Waals surface area contributed by atoms with E-state index in [1.807, 2.05) is 36.5 Å². The molecule has 35 heavy (non-hydrogen) atoms. The predicted octanol–water partition coefficient (Wildman–Crippen LogP) is 4.72. The van der Waals surface area contributed by atoms with Gasteiger partial charge in [-0.2, -0.15) is 8.42 Å². The van der Waals surface area contributed by atoms with Gasteiger partial charge in [0.15, 0.2) is 0 Å². The molecular weight excluding hydrogens is 480 g/mol. The highest BCUT2D eigenvalue weighted by Gasteiger charge is 2.26. The fourth-order valence-corrected chi connectivity index (χ4v) is 5.56. The molecule has 6 nitrogen and oxygen atoms in total. The Kier molecular flexibility index (Phi) is 6.69. The average Bonchev–Trinajstić information content (AvgIpc) is 3.05. The van der Waals surface area contributed by atoms with Crippen LogP contribution in [0.5, 0.6) is 5.75 Å². The quantitative estimate of drug-likeness (QED) is 0.474. The third-order valence-electron chi connectivity index (χ3n) is 6.57. The number of piperidine rings is 1. The number of pyridine rings is 1. The van der Waals surface area contributed by atoms with Crippen LogP contribution in [0.2, 0.25) is 0 Å². The number of benzene rings is 2. The Bertz CT molecular complexity index is 1390. The summed E-state index contributed by atoms with van der Waals surface area (Å²) in [6.07, 6.45) is 5.19. The van der Waals surface area contributed by atoms with Gasteiger partial charge in [-0.3, -0.25) is 4.98 Å². The molecule has 1 aliphatic carbocycles. The normalized spacial score (nSPS) is 15.7. The average molecular weight is 507 g/mol. The summed E-state index contributed by atoms with van der Waals surface area (Å²) in [7, 11) is -2.99. The maximum atomic E-state index is 11.8. The Morgan fingerprint density at radius 1 is 0.943 bits per heavy atom. The first-order chi connectivity index (χ1) is 16.9. The summed E-state index contributed by atoms with van der Waals surface area (Å²) in [5, 5.41) is 0. The molecule has 1 fully saturated rings.